The smallest absolute Gasteiger partial charge is 0.223 e. The van der Waals surface area contributed by atoms with Gasteiger partial charge in [-0.3, -0.25) is 14.2 Å². The summed E-state index contributed by atoms with van der Waals surface area (Å²) >= 11 is 0. The largest absolute Gasteiger partial charge is 0.370 e. The van der Waals surface area contributed by atoms with Gasteiger partial charge in [-0.15, -0.1) is 0 Å². The van der Waals surface area contributed by atoms with Gasteiger partial charge in [-0.1, -0.05) is 24.3 Å². The number of benzene rings is 2. The summed E-state index contributed by atoms with van der Waals surface area (Å²) in [6, 6.07) is 13.9. The van der Waals surface area contributed by atoms with Crippen LogP contribution < -0.4 is 11.1 Å². The van der Waals surface area contributed by atoms with Crippen molar-refractivity contribution in [1.82, 2.24) is 59.7 Å². The summed E-state index contributed by atoms with van der Waals surface area (Å²) in [6.45, 7) is 15.7. The van der Waals surface area contributed by atoms with Crippen LogP contribution in [0.2, 0.25) is 0 Å². The van der Waals surface area contributed by atoms with Crippen LogP contribution in [0.15, 0.2) is 85.7 Å². The molecule has 16 nitrogen and oxygen atoms in total. The molecule has 18 heteroatoms. The first-order valence-corrected chi connectivity index (χ1v) is 22.7. The van der Waals surface area contributed by atoms with E-state index in [0.717, 1.165) is 57.5 Å². The molecule has 2 aliphatic rings. The normalized spacial score (nSPS) is 14.3. The summed E-state index contributed by atoms with van der Waals surface area (Å²) in [5.41, 5.74) is 13.8. The molecular weight excluding hydrogens is 869 g/mol. The Morgan fingerprint density at radius 2 is 1.19 bits per heavy atom. The highest BCUT2D eigenvalue weighted by molar-refractivity contribution is 5.92. The molecule has 68 heavy (non-hydrogen) atoms. The molecule has 0 radical (unpaired) electrons. The lowest BCUT2D eigenvalue weighted by Gasteiger charge is -2.42. The maximum absolute atomic E-state index is 15.0. The van der Waals surface area contributed by atoms with Gasteiger partial charge in [0.25, 0.3) is 0 Å². The molecule has 0 spiro atoms. The third-order valence-corrected chi connectivity index (χ3v) is 11.3. The van der Waals surface area contributed by atoms with Crippen molar-refractivity contribution in [3.05, 3.63) is 108 Å². The summed E-state index contributed by atoms with van der Waals surface area (Å²) in [5, 5.41) is 11.5. The Bertz CT molecular complexity index is 3020. The molecule has 0 aliphatic carbocycles. The zero-order chi connectivity index (χ0) is 48.3. The SMILES string of the molecule is CC(C)(C)OC1CNC1.Cn1cc(-c2nc3nccc(-c4ccc(CCC(=O)N5CC(OC(C)(C)C)C5)c(F)c4)c3[nH]2)cn1.Cn1cc(-c2nc3nccc(-c4ccc(CN)c(F)c4)c3[nH]2)cn1. The van der Waals surface area contributed by atoms with Gasteiger partial charge in [0.05, 0.1) is 58.0 Å². The van der Waals surface area contributed by atoms with Crippen LogP contribution in [0.4, 0.5) is 8.78 Å². The van der Waals surface area contributed by atoms with Crippen LogP contribution in [-0.4, -0.2) is 110 Å². The number of H-pyrrole nitrogens is 2. The van der Waals surface area contributed by atoms with Gasteiger partial charge in [-0.2, -0.15) is 10.2 Å². The molecule has 0 atom stereocenters. The number of aryl methyl sites for hydroxylation is 3. The number of amides is 1. The molecular formula is C50H59F2N13O3. The van der Waals surface area contributed by atoms with Crippen molar-refractivity contribution in [1.29, 1.82) is 0 Å². The number of nitrogens with two attached hydrogens (primary N) is 1. The molecule has 2 saturated heterocycles. The Balaban J connectivity index is 0.000000162. The second-order valence-electron chi connectivity index (χ2n) is 19.1. The Morgan fingerprint density at radius 1 is 0.706 bits per heavy atom. The minimum atomic E-state index is -0.329. The van der Waals surface area contributed by atoms with Gasteiger partial charge in [0.2, 0.25) is 5.91 Å². The number of carbonyl (C=O) groups excluding carboxylic acids is 1. The first kappa shape index (κ1) is 47.8. The van der Waals surface area contributed by atoms with Gasteiger partial charge in [-0.05, 0) is 88.9 Å². The first-order valence-electron chi connectivity index (χ1n) is 22.7. The Kier molecular flexibility index (Phi) is 13.9. The Morgan fingerprint density at radius 3 is 1.59 bits per heavy atom. The molecule has 10 rings (SSSR count). The number of ether oxygens (including phenoxy) is 2. The lowest BCUT2D eigenvalue weighted by atomic mass is 10.0. The van der Waals surface area contributed by atoms with E-state index < -0.39 is 0 Å². The number of aromatic nitrogens is 10. The number of halogens is 2. The fourth-order valence-corrected chi connectivity index (χ4v) is 7.92. The monoisotopic (exact) mass is 927 g/mol. The van der Waals surface area contributed by atoms with E-state index >= 15 is 4.39 Å². The Labute approximate surface area is 393 Å². The lowest BCUT2D eigenvalue weighted by Crippen LogP contribution is -2.56. The summed E-state index contributed by atoms with van der Waals surface area (Å²) in [5.74, 6) is 0.720. The predicted octanol–water partition coefficient (Wildman–Crippen LogP) is 7.52. The highest BCUT2D eigenvalue weighted by Gasteiger charge is 2.34. The zero-order valence-electron chi connectivity index (χ0n) is 39.8. The van der Waals surface area contributed by atoms with Crippen molar-refractivity contribution in [2.75, 3.05) is 26.2 Å². The number of pyridine rings is 2. The van der Waals surface area contributed by atoms with Crippen molar-refractivity contribution in [3.8, 4) is 45.0 Å². The molecule has 6 aromatic heterocycles. The second-order valence-corrected chi connectivity index (χ2v) is 19.1. The molecule has 5 N–H and O–H groups in total. The van der Waals surface area contributed by atoms with E-state index in [0.29, 0.717) is 59.7 Å². The van der Waals surface area contributed by atoms with Crippen LogP contribution in [0.5, 0.6) is 0 Å². The van der Waals surface area contributed by atoms with E-state index in [4.69, 9.17) is 15.2 Å². The molecule has 1 amide bonds. The quantitative estimate of drug-likeness (QED) is 0.106. The number of aromatic amines is 2. The standard InChI is InChI=1S/C26H29FN6O2.C17H15FN6.C7H15NO/c1-26(2,3)35-19-14-33(15-19)22(34)8-7-16-5-6-17(11-21(16)27)20-9-10-28-25-23(20)30-24(31-25)18-12-29-32(4)13-18;1-24-9-12(8-21-24)16-22-15-13(4-5-20-17(15)23-16)10-2-3-11(7-19)14(18)6-10;1-7(2,3)9-6-4-8-5-6/h5-6,9-13,19H,7-8,14-15H2,1-4H3,(H,28,30,31);2-6,8-9H,7,19H2,1H3,(H,20,22,23);6,8H,4-5H2,1-3H3. The number of imidazole rings is 2. The molecule has 2 aliphatic heterocycles. The second kappa shape index (κ2) is 19.9. The summed E-state index contributed by atoms with van der Waals surface area (Å²) in [7, 11) is 3.69. The number of hydrogen-bond donors (Lipinski definition) is 4. The van der Waals surface area contributed by atoms with Crippen molar-refractivity contribution in [3.63, 3.8) is 0 Å². The highest BCUT2D eigenvalue weighted by atomic mass is 19.1. The van der Waals surface area contributed by atoms with Crippen LogP contribution in [-0.2, 0) is 41.3 Å². The average Bonchev–Trinajstić information content (AvgIpc) is 4.09. The Hall–Kier alpha value is -6.73. The number of nitrogens with zero attached hydrogens (tertiary/aromatic N) is 9. The summed E-state index contributed by atoms with van der Waals surface area (Å²) in [4.78, 5) is 38.5. The van der Waals surface area contributed by atoms with Gasteiger partial charge in [-0.25, -0.2) is 28.7 Å². The minimum Gasteiger partial charge on any atom is -0.370 e. The van der Waals surface area contributed by atoms with E-state index in [-0.39, 0.29) is 47.8 Å². The molecule has 356 valence electrons. The van der Waals surface area contributed by atoms with Crippen molar-refractivity contribution >= 4 is 28.2 Å². The summed E-state index contributed by atoms with van der Waals surface area (Å²) in [6.07, 6.45) is 11.7. The van der Waals surface area contributed by atoms with Crippen molar-refractivity contribution < 1.29 is 23.0 Å². The molecule has 0 saturated carbocycles. The fraction of sp³-hybridized carbons (Fsp3) is 0.380. The topological polar surface area (TPSA) is 196 Å². The van der Waals surface area contributed by atoms with Crippen LogP contribution in [0.25, 0.3) is 67.4 Å². The molecule has 0 unspecified atom stereocenters. The van der Waals surface area contributed by atoms with E-state index in [9.17, 15) is 9.18 Å². The molecule has 8 aromatic rings. The predicted molar refractivity (Wildman–Crippen MR) is 258 cm³/mol. The van der Waals surface area contributed by atoms with E-state index in [1.54, 1.807) is 51.2 Å². The summed E-state index contributed by atoms with van der Waals surface area (Å²) < 4.78 is 44.0. The average molecular weight is 928 g/mol. The zero-order valence-corrected chi connectivity index (χ0v) is 39.8. The number of fused-ring (bicyclic) bond motifs is 2. The van der Waals surface area contributed by atoms with Gasteiger partial charge < -0.3 is 35.4 Å². The van der Waals surface area contributed by atoms with Crippen LogP contribution in [0.1, 0.15) is 59.1 Å². The van der Waals surface area contributed by atoms with Crippen LogP contribution in [0.3, 0.4) is 0 Å². The highest BCUT2D eigenvalue weighted by Crippen LogP contribution is 2.32. The van der Waals surface area contributed by atoms with Crippen molar-refractivity contribution in [2.45, 2.75) is 84.3 Å². The molecule has 8 heterocycles. The molecule has 2 aromatic carbocycles. The lowest BCUT2D eigenvalue weighted by molar-refractivity contribution is -0.157. The van der Waals surface area contributed by atoms with E-state index in [1.807, 2.05) is 71.5 Å². The van der Waals surface area contributed by atoms with Crippen molar-refractivity contribution in [2.24, 2.45) is 19.8 Å². The van der Waals surface area contributed by atoms with Gasteiger partial charge in [0.1, 0.15) is 23.3 Å². The van der Waals surface area contributed by atoms with Gasteiger partial charge in [0.15, 0.2) is 11.3 Å². The molecule has 0 bridgehead atoms. The number of hydrogen-bond acceptors (Lipinski definition) is 11. The third-order valence-electron chi connectivity index (χ3n) is 11.3. The fourth-order valence-electron chi connectivity index (χ4n) is 7.92. The number of rotatable bonds is 10. The molecule has 2 fully saturated rings. The number of nitrogens with one attached hydrogen (secondary N) is 3. The minimum absolute atomic E-state index is 0.0264. The van der Waals surface area contributed by atoms with Gasteiger partial charge in [0, 0.05) is 94.7 Å². The first-order chi connectivity index (χ1) is 32.4. The maximum atomic E-state index is 15.0. The van der Waals surface area contributed by atoms with Crippen LogP contribution in [0, 0.1) is 11.6 Å². The van der Waals surface area contributed by atoms with Gasteiger partial charge >= 0.3 is 0 Å². The maximum Gasteiger partial charge on any atom is 0.223 e. The van der Waals surface area contributed by atoms with E-state index in [2.05, 4.69) is 66.2 Å². The number of likely N-dealkylation sites (tertiary alicyclic amines) is 1. The van der Waals surface area contributed by atoms with E-state index in [1.165, 1.54) is 12.1 Å². The third kappa shape index (κ3) is 11.5. The number of carbonyl (C=O) groups is 1. The van der Waals surface area contributed by atoms with Crippen LogP contribution >= 0.6 is 0 Å².